The normalized spacial score (nSPS) is 11.2. The van der Waals surface area contributed by atoms with E-state index < -0.39 is 5.97 Å². The molecule has 0 heterocycles. The number of carboxylic acids is 1. The number of aromatic hydroxyl groups is 1. The maximum atomic E-state index is 10.9. The third-order valence-electron chi connectivity index (χ3n) is 1.71. The highest BCUT2D eigenvalue weighted by Crippen LogP contribution is 2.24. The SMILES string of the molecule is CCON=C(C(=O)O)c1ccc(O)c(Cl)c1. The molecule has 0 spiro atoms. The maximum absolute atomic E-state index is 10.9. The Kier molecular flexibility index (Phi) is 4.13. The average molecular weight is 244 g/mol. The van der Waals surface area contributed by atoms with Gasteiger partial charge < -0.3 is 15.1 Å². The van der Waals surface area contributed by atoms with Gasteiger partial charge in [-0.25, -0.2) is 4.79 Å². The van der Waals surface area contributed by atoms with Crippen LogP contribution in [-0.2, 0) is 9.63 Å². The summed E-state index contributed by atoms with van der Waals surface area (Å²) in [5, 5.41) is 21.6. The fraction of sp³-hybridized carbons (Fsp3) is 0.200. The number of phenolic OH excluding ortho intramolecular Hbond substituents is 1. The highest BCUT2D eigenvalue weighted by Gasteiger charge is 2.14. The van der Waals surface area contributed by atoms with Crippen LogP contribution in [0.15, 0.2) is 23.4 Å². The summed E-state index contributed by atoms with van der Waals surface area (Å²) in [6.07, 6.45) is 0. The van der Waals surface area contributed by atoms with Crippen LogP contribution in [0, 0.1) is 0 Å². The van der Waals surface area contributed by atoms with Crippen LogP contribution in [0.1, 0.15) is 12.5 Å². The van der Waals surface area contributed by atoms with Crippen molar-refractivity contribution in [2.45, 2.75) is 6.92 Å². The van der Waals surface area contributed by atoms with E-state index in [1.165, 1.54) is 18.2 Å². The van der Waals surface area contributed by atoms with Crippen molar-refractivity contribution >= 4 is 23.3 Å². The topological polar surface area (TPSA) is 79.1 Å². The number of carboxylic acid groups (broad SMARTS) is 1. The predicted molar refractivity (Wildman–Crippen MR) is 58.9 cm³/mol. The number of hydrogen-bond acceptors (Lipinski definition) is 4. The lowest BCUT2D eigenvalue weighted by Gasteiger charge is -2.03. The smallest absolute Gasteiger partial charge is 0.358 e. The second kappa shape index (κ2) is 5.37. The lowest BCUT2D eigenvalue weighted by atomic mass is 10.1. The second-order valence-electron chi connectivity index (χ2n) is 2.83. The Balaban J connectivity index is 3.11. The highest BCUT2D eigenvalue weighted by atomic mass is 35.5. The first-order chi connectivity index (χ1) is 7.56. The molecule has 86 valence electrons. The van der Waals surface area contributed by atoms with Gasteiger partial charge in [0.2, 0.25) is 0 Å². The summed E-state index contributed by atoms with van der Waals surface area (Å²) < 4.78 is 0. The molecule has 16 heavy (non-hydrogen) atoms. The summed E-state index contributed by atoms with van der Waals surface area (Å²) in [5.41, 5.74) is 0.00694. The van der Waals surface area contributed by atoms with Crippen LogP contribution in [0.25, 0.3) is 0 Å². The Morgan fingerprint density at radius 2 is 2.25 bits per heavy atom. The van der Waals surface area contributed by atoms with Crippen molar-refractivity contribution in [3.63, 3.8) is 0 Å². The molecule has 0 saturated carbocycles. The van der Waals surface area contributed by atoms with E-state index >= 15 is 0 Å². The van der Waals surface area contributed by atoms with E-state index in [1.54, 1.807) is 6.92 Å². The third kappa shape index (κ3) is 2.87. The first kappa shape index (κ1) is 12.3. The number of aliphatic carboxylic acids is 1. The molecule has 0 saturated heterocycles. The van der Waals surface area contributed by atoms with Crippen LogP contribution in [0.4, 0.5) is 0 Å². The molecule has 5 nitrogen and oxygen atoms in total. The Morgan fingerprint density at radius 3 is 2.75 bits per heavy atom. The van der Waals surface area contributed by atoms with Crippen molar-refractivity contribution in [1.82, 2.24) is 0 Å². The minimum atomic E-state index is -1.23. The largest absolute Gasteiger partial charge is 0.506 e. The zero-order chi connectivity index (χ0) is 12.1. The number of halogens is 1. The van der Waals surface area contributed by atoms with Gasteiger partial charge >= 0.3 is 5.97 Å². The quantitative estimate of drug-likeness (QED) is 0.625. The fourth-order valence-electron chi connectivity index (χ4n) is 0.999. The number of rotatable bonds is 4. The third-order valence-corrected chi connectivity index (χ3v) is 2.01. The molecule has 0 aliphatic carbocycles. The van der Waals surface area contributed by atoms with Crippen LogP contribution in [0.3, 0.4) is 0 Å². The van der Waals surface area contributed by atoms with Crippen LogP contribution in [-0.4, -0.2) is 28.5 Å². The Morgan fingerprint density at radius 1 is 1.56 bits per heavy atom. The molecule has 0 unspecified atom stereocenters. The minimum absolute atomic E-state index is 0.0583. The number of carbonyl (C=O) groups is 1. The van der Waals surface area contributed by atoms with Crippen molar-refractivity contribution < 1.29 is 19.8 Å². The zero-order valence-electron chi connectivity index (χ0n) is 8.48. The molecule has 0 bridgehead atoms. The summed E-state index contributed by atoms with van der Waals surface area (Å²) in [6.45, 7) is 1.95. The van der Waals surface area contributed by atoms with Gasteiger partial charge in [0, 0.05) is 5.56 Å². The van der Waals surface area contributed by atoms with Crippen LogP contribution in [0.2, 0.25) is 5.02 Å². The molecule has 2 N–H and O–H groups in total. The first-order valence-corrected chi connectivity index (χ1v) is 4.86. The van der Waals surface area contributed by atoms with E-state index in [-0.39, 0.29) is 28.7 Å². The van der Waals surface area contributed by atoms with Gasteiger partial charge in [-0.15, -0.1) is 0 Å². The highest BCUT2D eigenvalue weighted by molar-refractivity contribution is 6.43. The Bertz CT molecular complexity index is 431. The monoisotopic (exact) mass is 243 g/mol. The molecule has 0 fully saturated rings. The minimum Gasteiger partial charge on any atom is -0.506 e. The molecule has 0 aromatic heterocycles. The molecule has 0 amide bonds. The molecule has 1 aromatic rings. The first-order valence-electron chi connectivity index (χ1n) is 4.48. The van der Waals surface area contributed by atoms with Gasteiger partial charge in [-0.05, 0) is 25.1 Å². The summed E-state index contributed by atoms with van der Waals surface area (Å²) in [6, 6.07) is 4.00. The number of benzene rings is 1. The van der Waals surface area contributed by atoms with E-state index in [4.69, 9.17) is 16.7 Å². The standard InChI is InChI=1S/C10H10ClNO4/c1-2-16-12-9(10(14)15)6-3-4-8(13)7(11)5-6/h3-5,13H,2H2,1H3,(H,14,15). The maximum Gasteiger partial charge on any atom is 0.358 e. The van der Waals surface area contributed by atoms with Crippen molar-refractivity contribution in [1.29, 1.82) is 0 Å². The predicted octanol–water partition coefficient (Wildman–Crippen LogP) is 1.87. The summed E-state index contributed by atoms with van der Waals surface area (Å²) in [4.78, 5) is 15.6. The molecular weight excluding hydrogens is 234 g/mol. The lowest BCUT2D eigenvalue weighted by Crippen LogP contribution is -2.15. The number of phenols is 1. The Labute approximate surface area is 96.9 Å². The van der Waals surface area contributed by atoms with Gasteiger partial charge in [-0.3, -0.25) is 0 Å². The van der Waals surface area contributed by atoms with E-state index in [0.29, 0.717) is 0 Å². The number of oxime groups is 1. The molecule has 0 aliphatic rings. The zero-order valence-corrected chi connectivity index (χ0v) is 9.23. The van der Waals surface area contributed by atoms with Crippen molar-refractivity contribution in [2.24, 2.45) is 5.16 Å². The van der Waals surface area contributed by atoms with Crippen molar-refractivity contribution in [2.75, 3.05) is 6.61 Å². The van der Waals surface area contributed by atoms with E-state index in [0.717, 1.165) is 0 Å². The van der Waals surface area contributed by atoms with Gasteiger partial charge in [-0.1, -0.05) is 16.8 Å². The number of nitrogens with zero attached hydrogens (tertiary/aromatic N) is 1. The molecule has 1 rings (SSSR count). The van der Waals surface area contributed by atoms with E-state index in [1.807, 2.05) is 0 Å². The van der Waals surface area contributed by atoms with Gasteiger partial charge in [-0.2, -0.15) is 0 Å². The second-order valence-corrected chi connectivity index (χ2v) is 3.24. The van der Waals surface area contributed by atoms with E-state index in [2.05, 4.69) is 9.99 Å². The Hall–Kier alpha value is -1.75. The van der Waals surface area contributed by atoms with E-state index in [9.17, 15) is 9.90 Å². The molecule has 1 aromatic carbocycles. The van der Waals surface area contributed by atoms with Crippen molar-refractivity contribution in [3.8, 4) is 5.75 Å². The lowest BCUT2D eigenvalue weighted by molar-refractivity contribution is -0.129. The summed E-state index contributed by atoms with van der Waals surface area (Å²) >= 11 is 5.66. The van der Waals surface area contributed by atoms with Gasteiger partial charge in [0.15, 0.2) is 5.71 Å². The van der Waals surface area contributed by atoms with Gasteiger partial charge in [0.25, 0.3) is 0 Å². The fourth-order valence-corrected chi connectivity index (χ4v) is 1.18. The van der Waals surface area contributed by atoms with Crippen LogP contribution in [0.5, 0.6) is 5.75 Å². The van der Waals surface area contributed by atoms with Crippen molar-refractivity contribution in [3.05, 3.63) is 28.8 Å². The summed E-state index contributed by atoms with van der Waals surface area (Å²) in [5.74, 6) is -1.35. The molecular formula is C10H10ClNO4. The number of hydrogen-bond donors (Lipinski definition) is 2. The van der Waals surface area contributed by atoms with Crippen LogP contribution < -0.4 is 0 Å². The summed E-state index contributed by atoms with van der Waals surface area (Å²) in [7, 11) is 0. The van der Waals surface area contributed by atoms with Gasteiger partial charge in [0.1, 0.15) is 12.4 Å². The van der Waals surface area contributed by atoms with Gasteiger partial charge in [0.05, 0.1) is 5.02 Å². The average Bonchev–Trinajstić information content (AvgIpc) is 2.23. The molecule has 6 heteroatoms. The molecule has 0 aliphatic heterocycles. The molecule has 0 radical (unpaired) electrons. The van der Waals surface area contributed by atoms with Crippen LogP contribution >= 0.6 is 11.6 Å². The molecule has 0 atom stereocenters.